The van der Waals surface area contributed by atoms with Gasteiger partial charge in [0.1, 0.15) is 12.1 Å². The number of ketones is 1. The van der Waals surface area contributed by atoms with E-state index in [1.807, 2.05) is 0 Å². The van der Waals surface area contributed by atoms with Gasteiger partial charge < -0.3 is 0 Å². The van der Waals surface area contributed by atoms with Crippen molar-refractivity contribution >= 4 is 5.78 Å². The summed E-state index contributed by atoms with van der Waals surface area (Å²) in [5, 5.41) is 0. The Bertz CT molecular complexity index is 297. The standard InChI is InChI=1S/C10H12N2O/c13-10-4-2-1-3-9(10)8-5-11-7-12-6-8/h5-7,9H,1-4H2. The molecular weight excluding hydrogens is 164 g/mol. The molecule has 1 aromatic rings. The summed E-state index contributed by atoms with van der Waals surface area (Å²) in [6, 6.07) is 0. The smallest absolute Gasteiger partial charge is 0.140 e. The van der Waals surface area contributed by atoms with Crippen molar-refractivity contribution in [2.45, 2.75) is 31.6 Å². The van der Waals surface area contributed by atoms with Crippen LogP contribution in [-0.2, 0) is 4.79 Å². The first-order valence-corrected chi connectivity index (χ1v) is 4.65. The highest BCUT2D eigenvalue weighted by Crippen LogP contribution is 2.28. The summed E-state index contributed by atoms with van der Waals surface area (Å²) < 4.78 is 0. The molecule has 13 heavy (non-hydrogen) atoms. The molecule has 0 aliphatic heterocycles. The average molecular weight is 176 g/mol. The van der Waals surface area contributed by atoms with Gasteiger partial charge in [0.2, 0.25) is 0 Å². The van der Waals surface area contributed by atoms with Crippen LogP contribution >= 0.6 is 0 Å². The van der Waals surface area contributed by atoms with Gasteiger partial charge in [0.05, 0.1) is 0 Å². The predicted octanol–water partition coefficient (Wildman–Crippen LogP) is 1.70. The average Bonchev–Trinajstić information content (AvgIpc) is 2.20. The van der Waals surface area contributed by atoms with E-state index in [2.05, 4.69) is 9.97 Å². The maximum atomic E-state index is 11.5. The Kier molecular flexibility index (Phi) is 2.34. The Morgan fingerprint density at radius 3 is 2.69 bits per heavy atom. The van der Waals surface area contributed by atoms with E-state index in [4.69, 9.17) is 0 Å². The highest BCUT2D eigenvalue weighted by Gasteiger charge is 2.23. The van der Waals surface area contributed by atoms with Crippen LogP contribution < -0.4 is 0 Å². The first-order valence-electron chi connectivity index (χ1n) is 4.65. The second-order valence-corrected chi connectivity index (χ2v) is 3.44. The fourth-order valence-corrected chi connectivity index (χ4v) is 1.83. The lowest BCUT2D eigenvalue weighted by Gasteiger charge is -2.19. The van der Waals surface area contributed by atoms with Crippen LogP contribution in [0.4, 0.5) is 0 Å². The molecule has 1 saturated carbocycles. The largest absolute Gasteiger partial charge is 0.299 e. The zero-order valence-corrected chi connectivity index (χ0v) is 7.44. The lowest BCUT2D eigenvalue weighted by atomic mass is 9.84. The van der Waals surface area contributed by atoms with Crippen molar-refractivity contribution in [2.24, 2.45) is 0 Å². The topological polar surface area (TPSA) is 42.9 Å². The van der Waals surface area contributed by atoms with Crippen LogP contribution in [0.15, 0.2) is 18.7 Å². The van der Waals surface area contributed by atoms with Gasteiger partial charge in [0, 0.05) is 24.7 Å². The maximum absolute atomic E-state index is 11.5. The summed E-state index contributed by atoms with van der Waals surface area (Å²) in [4.78, 5) is 19.4. The molecule has 0 radical (unpaired) electrons. The quantitative estimate of drug-likeness (QED) is 0.654. The first-order chi connectivity index (χ1) is 6.38. The molecule has 0 amide bonds. The van der Waals surface area contributed by atoms with Gasteiger partial charge in [-0.15, -0.1) is 0 Å². The number of carbonyl (C=O) groups excluding carboxylic acids is 1. The molecule has 1 fully saturated rings. The molecule has 1 unspecified atom stereocenters. The van der Waals surface area contributed by atoms with Crippen molar-refractivity contribution < 1.29 is 4.79 Å². The van der Waals surface area contributed by atoms with E-state index in [0.717, 1.165) is 31.2 Å². The number of carbonyl (C=O) groups is 1. The van der Waals surface area contributed by atoms with Crippen LogP contribution in [0, 0.1) is 0 Å². The molecule has 0 saturated heterocycles. The second-order valence-electron chi connectivity index (χ2n) is 3.44. The minimum Gasteiger partial charge on any atom is -0.299 e. The van der Waals surface area contributed by atoms with Crippen LogP contribution in [0.3, 0.4) is 0 Å². The monoisotopic (exact) mass is 176 g/mol. The van der Waals surface area contributed by atoms with E-state index in [0.29, 0.717) is 5.78 Å². The van der Waals surface area contributed by atoms with E-state index in [1.165, 1.54) is 6.33 Å². The Morgan fingerprint density at radius 2 is 2.00 bits per heavy atom. The molecule has 0 spiro atoms. The van der Waals surface area contributed by atoms with Gasteiger partial charge in [-0.2, -0.15) is 0 Å². The van der Waals surface area contributed by atoms with Crippen molar-refractivity contribution in [3.63, 3.8) is 0 Å². The van der Waals surface area contributed by atoms with Gasteiger partial charge >= 0.3 is 0 Å². The fourth-order valence-electron chi connectivity index (χ4n) is 1.83. The van der Waals surface area contributed by atoms with Crippen LogP contribution in [0.5, 0.6) is 0 Å². The van der Waals surface area contributed by atoms with E-state index >= 15 is 0 Å². The first kappa shape index (κ1) is 8.35. The van der Waals surface area contributed by atoms with Gasteiger partial charge in [0.15, 0.2) is 0 Å². The van der Waals surface area contributed by atoms with Gasteiger partial charge in [-0.1, -0.05) is 6.42 Å². The number of rotatable bonds is 1. The lowest BCUT2D eigenvalue weighted by Crippen LogP contribution is -2.17. The number of hydrogen-bond acceptors (Lipinski definition) is 3. The second kappa shape index (κ2) is 3.64. The number of Topliss-reactive ketones (excluding diaryl/α,β-unsaturated/α-hetero) is 1. The van der Waals surface area contributed by atoms with Crippen LogP contribution in [0.25, 0.3) is 0 Å². The summed E-state index contributed by atoms with van der Waals surface area (Å²) in [5.74, 6) is 0.413. The molecule has 3 heteroatoms. The van der Waals surface area contributed by atoms with E-state index in [9.17, 15) is 4.79 Å². The Morgan fingerprint density at radius 1 is 1.23 bits per heavy atom. The summed E-state index contributed by atoms with van der Waals surface area (Å²) in [7, 11) is 0. The fraction of sp³-hybridized carbons (Fsp3) is 0.500. The van der Waals surface area contributed by atoms with Crippen molar-refractivity contribution in [1.82, 2.24) is 9.97 Å². The zero-order valence-electron chi connectivity index (χ0n) is 7.44. The highest BCUT2D eigenvalue weighted by molar-refractivity contribution is 5.86. The van der Waals surface area contributed by atoms with E-state index in [1.54, 1.807) is 12.4 Å². The zero-order chi connectivity index (χ0) is 9.10. The normalized spacial score (nSPS) is 23.1. The van der Waals surface area contributed by atoms with Crippen molar-refractivity contribution in [3.8, 4) is 0 Å². The maximum Gasteiger partial charge on any atom is 0.140 e. The molecule has 2 rings (SSSR count). The molecule has 1 aliphatic carbocycles. The van der Waals surface area contributed by atoms with E-state index in [-0.39, 0.29) is 5.92 Å². The van der Waals surface area contributed by atoms with Gasteiger partial charge in [-0.05, 0) is 18.4 Å². The number of nitrogens with zero attached hydrogens (tertiary/aromatic N) is 2. The molecule has 1 atom stereocenters. The van der Waals surface area contributed by atoms with Gasteiger partial charge in [-0.3, -0.25) is 4.79 Å². The molecule has 1 aromatic heterocycles. The molecule has 1 aliphatic rings. The Balaban J connectivity index is 2.20. The summed E-state index contributed by atoms with van der Waals surface area (Å²) >= 11 is 0. The predicted molar refractivity (Wildman–Crippen MR) is 48.2 cm³/mol. The van der Waals surface area contributed by atoms with E-state index < -0.39 is 0 Å². The summed E-state index contributed by atoms with van der Waals surface area (Å²) in [6.45, 7) is 0. The molecule has 0 bridgehead atoms. The van der Waals surface area contributed by atoms with Crippen molar-refractivity contribution in [2.75, 3.05) is 0 Å². The molecular formula is C10H12N2O. The Hall–Kier alpha value is -1.25. The summed E-state index contributed by atoms with van der Waals surface area (Å²) in [5.41, 5.74) is 0.979. The third-order valence-corrected chi connectivity index (χ3v) is 2.54. The molecule has 1 heterocycles. The highest BCUT2D eigenvalue weighted by atomic mass is 16.1. The summed E-state index contributed by atoms with van der Waals surface area (Å²) in [6.07, 6.45) is 8.87. The number of hydrogen-bond donors (Lipinski definition) is 0. The third kappa shape index (κ3) is 1.74. The third-order valence-electron chi connectivity index (χ3n) is 2.54. The molecule has 3 nitrogen and oxygen atoms in total. The minimum absolute atomic E-state index is 0.0648. The van der Waals surface area contributed by atoms with Crippen LogP contribution in [0.2, 0.25) is 0 Å². The van der Waals surface area contributed by atoms with Crippen LogP contribution in [-0.4, -0.2) is 15.8 Å². The molecule has 0 N–H and O–H groups in total. The number of aromatic nitrogens is 2. The Labute approximate surface area is 77.2 Å². The lowest BCUT2D eigenvalue weighted by molar-refractivity contribution is -0.121. The van der Waals surface area contributed by atoms with Crippen LogP contribution in [0.1, 0.15) is 37.2 Å². The minimum atomic E-state index is 0.0648. The molecule has 0 aromatic carbocycles. The molecule has 68 valence electrons. The van der Waals surface area contributed by atoms with Gasteiger partial charge in [0.25, 0.3) is 0 Å². The SMILES string of the molecule is O=C1CCCCC1c1cncnc1. The van der Waals surface area contributed by atoms with Gasteiger partial charge in [-0.25, -0.2) is 9.97 Å². The van der Waals surface area contributed by atoms with Crippen molar-refractivity contribution in [3.05, 3.63) is 24.3 Å². The van der Waals surface area contributed by atoms with Crippen molar-refractivity contribution in [1.29, 1.82) is 0 Å².